The van der Waals surface area contributed by atoms with Crippen molar-refractivity contribution in [3.05, 3.63) is 24.2 Å². The van der Waals surface area contributed by atoms with Crippen molar-refractivity contribution < 1.29 is 4.42 Å². The van der Waals surface area contributed by atoms with Crippen molar-refractivity contribution >= 4 is 11.0 Å². The molecule has 0 fully saturated rings. The number of hydrogen-bond donors (Lipinski definition) is 0. The van der Waals surface area contributed by atoms with Crippen LogP contribution in [0.15, 0.2) is 22.9 Å². The average Bonchev–Trinajstić information content (AvgIpc) is 2.49. The lowest BCUT2D eigenvalue weighted by molar-refractivity contribution is 0.600. The first kappa shape index (κ1) is 7.28. The van der Waals surface area contributed by atoms with Gasteiger partial charge in [-0.3, -0.25) is 0 Å². The van der Waals surface area contributed by atoms with Gasteiger partial charge in [0.1, 0.15) is 5.69 Å². The molecular weight excluding hydrogens is 152 g/mol. The second-order valence-corrected chi connectivity index (χ2v) is 3.09. The molecule has 0 aliphatic heterocycles. The summed E-state index contributed by atoms with van der Waals surface area (Å²) in [7, 11) is 0. The summed E-state index contributed by atoms with van der Waals surface area (Å²) in [4.78, 5) is 0. The third kappa shape index (κ3) is 0.978. The average molecular weight is 162 g/mol. The van der Waals surface area contributed by atoms with E-state index in [4.69, 9.17) is 4.42 Å². The van der Waals surface area contributed by atoms with Crippen LogP contribution in [-0.2, 0) is 0 Å². The fourth-order valence-electron chi connectivity index (χ4n) is 1.21. The minimum Gasteiger partial charge on any atom is -0.462 e. The van der Waals surface area contributed by atoms with Gasteiger partial charge in [-0.2, -0.15) is 10.2 Å². The summed E-state index contributed by atoms with van der Waals surface area (Å²) in [6, 6.07) is 1.90. The predicted molar refractivity (Wildman–Crippen MR) is 45.9 cm³/mol. The Kier molecular flexibility index (Phi) is 1.57. The highest BCUT2D eigenvalue weighted by atomic mass is 16.3. The summed E-state index contributed by atoms with van der Waals surface area (Å²) >= 11 is 0. The molecule has 0 radical (unpaired) electrons. The fraction of sp³-hybridized carbons (Fsp3) is 0.333. The van der Waals surface area contributed by atoms with Crippen molar-refractivity contribution in [1.82, 2.24) is 10.2 Å². The molecule has 0 aliphatic rings. The number of nitrogens with zero attached hydrogens (tertiary/aromatic N) is 2. The van der Waals surface area contributed by atoms with Crippen LogP contribution in [0.4, 0.5) is 0 Å². The van der Waals surface area contributed by atoms with Crippen LogP contribution in [-0.4, -0.2) is 10.2 Å². The maximum Gasteiger partial charge on any atom is 0.159 e. The van der Waals surface area contributed by atoms with Crippen LogP contribution < -0.4 is 0 Å². The van der Waals surface area contributed by atoms with Gasteiger partial charge in [0.15, 0.2) is 5.58 Å². The molecule has 2 rings (SSSR count). The molecule has 0 saturated carbocycles. The maximum atomic E-state index is 5.31. The van der Waals surface area contributed by atoms with Gasteiger partial charge in [-0.1, -0.05) is 13.8 Å². The SMILES string of the molecule is CC(C)c1nncc2ccoc12. The highest BCUT2D eigenvalue weighted by Gasteiger charge is 2.09. The van der Waals surface area contributed by atoms with E-state index in [0.29, 0.717) is 5.92 Å². The Morgan fingerprint density at radius 2 is 2.25 bits per heavy atom. The zero-order valence-corrected chi connectivity index (χ0v) is 7.11. The molecule has 0 unspecified atom stereocenters. The Labute approximate surface area is 70.4 Å². The van der Waals surface area contributed by atoms with E-state index in [9.17, 15) is 0 Å². The number of furan rings is 1. The highest BCUT2D eigenvalue weighted by Crippen LogP contribution is 2.22. The van der Waals surface area contributed by atoms with E-state index in [-0.39, 0.29) is 0 Å². The third-order valence-electron chi connectivity index (χ3n) is 1.84. The van der Waals surface area contributed by atoms with Crippen LogP contribution in [0.1, 0.15) is 25.5 Å². The molecule has 0 spiro atoms. The molecule has 0 N–H and O–H groups in total. The van der Waals surface area contributed by atoms with E-state index >= 15 is 0 Å². The molecule has 3 heteroatoms. The van der Waals surface area contributed by atoms with Crippen molar-refractivity contribution in [3.8, 4) is 0 Å². The third-order valence-corrected chi connectivity index (χ3v) is 1.84. The predicted octanol–water partition coefficient (Wildman–Crippen LogP) is 2.35. The van der Waals surface area contributed by atoms with E-state index in [1.807, 2.05) is 6.07 Å². The summed E-state index contributed by atoms with van der Waals surface area (Å²) in [5.74, 6) is 0.354. The first-order valence-corrected chi connectivity index (χ1v) is 3.98. The number of fused-ring (bicyclic) bond motifs is 1. The molecule has 0 bridgehead atoms. The van der Waals surface area contributed by atoms with Gasteiger partial charge < -0.3 is 4.42 Å². The molecule has 0 saturated heterocycles. The largest absolute Gasteiger partial charge is 0.462 e. The lowest BCUT2D eigenvalue weighted by Crippen LogP contribution is -1.94. The van der Waals surface area contributed by atoms with Gasteiger partial charge in [-0.25, -0.2) is 0 Å². The summed E-state index contributed by atoms with van der Waals surface area (Å²) in [5, 5.41) is 8.95. The van der Waals surface area contributed by atoms with E-state index in [1.165, 1.54) is 0 Å². The summed E-state index contributed by atoms with van der Waals surface area (Å²) in [6.45, 7) is 4.15. The molecule has 2 aromatic rings. The van der Waals surface area contributed by atoms with Crippen molar-refractivity contribution in [2.24, 2.45) is 0 Å². The second-order valence-electron chi connectivity index (χ2n) is 3.09. The molecule has 62 valence electrons. The Balaban J connectivity index is 2.73. The topological polar surface area (TPSA) is 38.9 Å². The zero-order chi connectivity index (χ0) is 8.55. The van der Waals surface area contributed by atoms with Gasteiger partial charge in [-0.15, -0.1) is 0 Å². The maximum absolute atomic E-state index is 5.31. The molecule has 0 amide bonds. The van der Waals surface area contributed by atoms with Crippen molar-refractivity contribution in [1.29, 1.82) is 0 Å². The first-order chi connectivity index (χ1) is 5.79. The van der Waals surface area contributed by atoms with Crippen molar-refractivity contribution in [2.75, 3.05) is 0 Å². The van der Waals surface area contributed by atoms with E-state index in [2.05, 4.69) is 24.0 Å². The minimum atomic E-state index is 0.354. The summed E-state index contributed by atoms with van der Waals surface area (Å²) in [5.41, 5.74) is 1.79. The Morgan fingerprint density at radius 1 is 1.42 bits per heavy atom. The standard InChI is InChI=1S/C9H10N2O/c1-6(2)8-9-7(3-4-12-9)5-10-11-8/h3-6H,1-2H3. The Hall–Kier alpha value is -1.38. The van der Waals surface area contributed by atoms with Crippen molar-refractivity contribution in [2.45, 2.75) is 19.8 Å². The van der Waals surface area contributed by atoms with Crippen LogP contribution in [0.25, 0.3) is 11.0 Å². The number of hydrogen-bond acceptors (Lipinski definition) is 3. The minimum absolute atomic E-state index is 0.354. The monoisotopic (exact) mass is 162 g/mol. The normalized spacial score (nSPS) is 11.2. The van der Waals surface area contributed by atoms with Crippen LogP contribution in [0, 0.1) is 0 Å². The lowest BCUT2D eigenvalue weighted by atomic mass is 10.1. The Bertz CT molecular complexity index is 392. The molecule has 12 heavy (non-hydrogen) atoms. The number of aromatic nitrogens is 2. The fourth-order valence-corrected chi connectivity index (χ4v) is 1.21. The quantitative estimate of drug-likeness (QED) is 0.646. The van der Waals surface area contributed by atoms with Gasteiger partial charge in [0.2, 0.25) is 0 Å². The van der Waals surface area contributed by atoms with E-state index in [1.54, 1.807) is 12.5 Å². The van der Waals surface area contributed by atoms with E-state index in [0.717, 1.165) is 16.7 Å². The summed E-state index contributed by atoms with van der Waals surface area (Å²) < 4.78 is 5.31. The van der Waals surface area contributed by atoms with Gasteiger partial charge in [-0.05, 0) is 6.07 Å². The van der Waals surface area contributed by atoms with Crippen molar-refractivity contribution in [3.63, 3.8) is 0 Å². The van der Waals surface area contributed by atoms with E-state index < -0.39 is 0 Å². The molecule has 3 nitrogen and oxygen atoms in total. The second kappa shape index (κ2) is 2.59. The van der Waals surface area contributed by atoms with Crippen LogP contribution in [0.5, 0.6) is 0 Å². The molecule has 0 aromatic carbocycles. The molecule has 0 atom stereocenters. The van der Waals surface area contributed by atoms with Crippen LogP contribution in [0.2, 0.25) is 0 Å². The summed E-state index contributed by atoms with van der Waals surface area (Å²) in [6.07, 6.45) is 3.38. The van der Waals surface area contributed by atoms with Crippen LogP contribution >= 0.6 is 0 Å². The highest BCUT2D eigenvalue weighted by molar-refractivity contribution is 5.78. The molecule has 2 heterocycles. The first-order valence-electron chi connectivity index (χ1n) is 3.98. The smallest absolute Gasteiger partial charge is 0.159 e. The van der Waals surface area contributed by atoms with Gasteiger partial charge in [0, 0.05) is 11.3 Å². The Morgan fingerprint density at radius 3 is 3.00 bits per heavy atom. The van der Waals surface area contributed by atoms with Gasteiger partial charge >= 0.3 is 0 Å². The molecule has 0 aliphatic carbocycles. The molecular formula is C9H10N2O. The zero-order valence-electron chi connectivity index (χ0n) is 7.11. The van der Waals surface area contributed by atoms with Gasteiger partial charge in [0.25, 0.3) is 0 Å². The number of rotatable bonds is 1. The van der Waals surface area contributed by atoms with Crippen LogP contribution in [0.3, 0.4) is 0 Å². The van der Waals surface area contributed by atoms with Gasteiger partial charge in [0.05, 0.1) is 12.5 Å². The lowest BCUT2D eigenvalue weighted by Gasteiger charge is -2.01. The molecule has 2 aromatic heterocycles.